The molecule has 0 aromatic heterocycles. The average Bonchev–Trinajstić information content (AvgIpc) is 2.20. The highest BCUT2D eigenvalue weighted by molar-refractivity contribution is 4.83. The van der Waals surface area contributed by atoms with Gasteiger partial charge < -0.3 is 14.8 Å². The van der Waals surface area contributed by atoms with Crippen molar-refractivity contribution in [3.63, 3.8) is 0 Å². The Morgan fingerprint density at radius 1 is 1.33 bits per heavy atom. The van der Waals surface area contributed by atoms with Crippen LogP contribution in [0.5, 0.6) is 0 Å². The normalized spacial score (nSPS) is 21.1. The maximum Gasteiger partial charge on any atom is 0.162 e. The summed E-state index contributed by atoms with van der Waals surface area (Å²) in [6.07, 6.45) is 8.24. The number of rotatable bonds is 5. The predicted molar refractivity (Wildman–Crippen MR) is 60.5 cm³/mol. The van der Waals surface area contributed by atoms with E-state index in [1.807, 2.05) is 13.8 Å². The van der Waals surface area contributed by atoms with Gasteiger partial charge in [0.25, 0.3) is 0 Å². The minimum Gasteiger partial charge on any atom is -0.349 e. The highest BCUT2D eigenvalue weighted by Gasteiger charge is 2.27. The van der Waals surface area contributed by atoms with Gasteiger partial charge in [-0.05, 0) is 33.2 Å². The molecule has 1 N–H and O–H groups in total. The van der Waals surface area contributed by atoms with Crippen molar-refractivity contribution in [2.75, 3.05) is 19.8 Å². The molecule has 0 atom stereocenters. The zero-order valence-electron chi connectivity index (χ0n) is 9.71. The van der Waals surface area contributed by atoms with Crippen LogP contribution in [0.2, 0.25) is 0 Å². The predicted octanol–water partition coefficient (Wildman–Crippen LogP) is 1.53. The second-order valence-corrected chi connectivity index (χ2v) is 4.33. The molecular weight excluding hydrogens is 190 g/mol. The van der Waals surface area contributed by atoms with Gasteiger partial charge >= 0.3 is 0 Å². The average molecular weight is 211 g/mol. The molecule has 0 amide bonds. The number of unbranched alkanes of at least 4 members (excludes halogenated alkanes) is 2. The first-order valence-corrected chi connectivity index (χ1v) is 5.59. The number of hydrogen-bond acceptors (Lipinski definition) is 3. The molecular formula is C12H21NO2. The van der Waals surface area contributed by atoms with E-state index in [9.17, 15) is 0 Å². The number of hydrogen-bond donors (Lipinski definition) is 1. The summed E-state index contributed by atoms with van der Waals surface area (Å²) >= 11 is 0. The summed E-state index contributed by atoms with van der Waals surface area (Å²) in [6.45, 7) is 6.32. The Bertz CT molecular complexity index is 210. The van der Waals surface area contributed by atoms with Crippen molar-refractivity contribution in [3.8, 4) is 12.3 Å². The fraction of sp³-hybridized carbons (Fsp3) is 0.833. The summed E-state index contributed by atoms with van der Waals surface area (Å²) in [5.41, 5.74) is 0. The first kappa shape index (κ1) is 12.5. The number of ether oxygens (including phenoxy) is 2. The summed E-state index contributed by atoms with van der Waals surface area (Å²) in [4.78, 5) is 0. The molecule has 0 aliphatic carbocycles. The Morgan fingerprint density at radius 3 is 2.60 bits per heavy atom. The summed E-state index contributed by atoms with van der Waals surface area (Å²) in [5.74, 6) is 2.22. The van der Waals surface area contributed by atoms with E-state index in [0.717, 1.165) is 39.0 Å². The molecule has 86 valence electrons. The molecule has 3 nitrogen and oxygen atoms in total. The Kier molecular flexibility index (Phi) is 5.10. The largest absolute Gasteiger partial charge is 0.349 e. The topological polar surface area (TPSA) is 30.5 Å². The third-order valence-corrected chi connectivity index (χ3v) is 2.45. The van der Waals surface area contributed by atoms with E-state index in [1.54, 1.807) is 0 Å². The van der Waals surface area contributed by atoms with E-state index in [0.29, 0.717) is 6.04 Å². The van der Waals surface area contributed by atoms with E-state index >= 15 is 0 Å². The van der Waals surface area contributed by atoms with Gasteiger partial charge in [0.2, 0.25) is 0 Å². The molecule has 1 fully saturated rings. The van der Waals surface area contributed by atoms with Crippen molar-refractivity contribution in [1.82, 2.24) is 5.32 Å². The van der Waals surface area contributed by atoms with Gasteiger partial charge in [-0.1, -0.05) is 0 Å². The molecule has 1 heterocycles. The summed E-state index contributed by atoms with van der Waals surface area (Å²) < 4.78 is 11.1. The second kappa shape index (κ2) is 6.12. The lowest BCUT2D eigenvalue weighted by molar-refractivity contribution is -0.252. The number of nitrogens with one attached hydrogen (secondary N) is 1. The molecule has 0 saturated carbocycles. The minimum atomic E-state index is -0.415. The van der Waals surface area contributed by atoms with Gasteiger partial charge in [0, 0.05) is 6.42 Å². The van der Waals surface area contributed by atoms with Crippen LogP contribution in [0.25, 0.3) is 0 Å². The molecule has 1 aliphatic heterocycles. The van der Waals surface area contributed by atoms with E-state index in [-0.39, 0.29) is 0 Å². The highest BCUT2D eigenvalue weighted by Crippen LogP contribution is 2.16. The Hall–Kier alpha value is -0.560. The molecule has 0 radical (unpaired) electrons. The molecule has 1 rings (SSSR count). The van der Waals surface area contributed by atoms with E-state index in [2.05, 4.69) is 11.2 Å². The summed E-state index contributed by atoms with van der Waals surface area (Å²) in [5, 5.41) is 3.40. The third-order valence-electron chi connectivity index (χ3n) is 2.45. The van der Waals surface area contributed by atoms with Crippen LogP contribution >= 0.6 is 0 Å². The first-order valence-electron chi connectivity index (χ1n) is 5.59. The summed E-state index contributed by atoms with van der Waals surface area (Å²) in [7, 11) is 0. The van der Waals surface area contributed by atoms with Crippen LogP contribution in [-0.4, -0.2) is 31.6 Å². The minimum absolute atomic E-state index is 0.323. The fourth-order valence-electron chi connectivity index (χ4n) is 1.47. The maximum atomic E-state index is 5.54. The van der Waals surface area contributed by atoms with Crippen molar-refractivity contribution < 1.29 is 9.47 Å². The molecule has 0 aromatic rings. The highest BCUT2D eigenvalue weighted by atomic mass is 16.7. The smallest absolute Gasteiger partial charge is 0.162 e. The lowest BCUT2D eigenvalue weighted by Crippen LogP contribution is -2.48. The standard InChI is InChI=1S/C12H21NO2/c1-4-5-6-7-8-13-11-9-14-12(2,3)15-10-11/h1,11,13H,5-10H2,2-3H3. The first-order chi connectivity index (χ1) is 7.14. The van der Waals surface area contributed by atoms with Crippen molar-refractivity contribution in [1.29, 1.82) is 0 Å². The molecule has 1 aliphatic rings. The SMILES string of the molecule is C#CCCCCNC1COC(C)(C)OC1. The zero-order valence-corrected chi connectivity index (χ0v) is 9.71. The van der Waals surface area contributed by atoms with Crippen molar-refractivity contribution in [2.24, 2.45) is 0 Å². The van der Waals surface area contributed by atoms with Gasteiger partial charge in [0.05, 0.1) is 19.3 Å². The molecule has 0 aromatic carbocycles. The van der Waals surface area contributed by atoms with Crippen molar-refractivity contribution >= 4 is 0 Å². The van der Waals surface area contributed by atoms with Crippen LogP contribution in [0.3, 0.4) is 0 Å². The Balaban J connectivity index is 2.02. The fourth-order valence-corrected chi connectivity index (χ4v) is 1.47. The lowest BCUT2D eigenvalue weighted by Gasteiger charge is -2.35. The molecule has 15 heavy (non-hydrogen) atoms. The van der Waals surface area contributed by atoms with Gasteiger partial charge in [0.1, 0.15) is 0 Å². The third kappa shape index (κ3) is 5.17. The number of terminal acetylenes is 1. The van der Waals surface area contributed by atoms with Gasteiger partial charge in [-0.15, -0.1) is 12.3 Å². The van der Waals surface area contributed by atoms with Crippen molar-refractivity contribution in [3.05, 3.63) is 0 Å². The van der Waals surface area contributed by atoms with Crippen LogP contribution < -0.4 is 5.32 Å². The second-order valence-electron chi connectivity index (χ2n) is 4.33. The molecule has 1 saturated heterocycles. The Morgan fingerprint density at radius 2 is 2.00 bits per heavy atom. The van der Waals surface area contributed by atoms with E-state index in [4.69, 9.17) is 15.9 Å². The van der Waals surface area contributed by atoms with Crippen LogP contribution in [-0.2, 0) is 9.47 Å². The molecule has 0 bridgehead atoms. The van der Waals surface area contributed by atoms with Gasteiger partial charge in [0.15, 0.2) is 5.79 Å². The van der Waals surface area contributed by atoms with E-state index in [1.165, 1.54) is 0 Å². The van der Waals surface area contributed by atoms with Crippen LogP contribution in [0.15, 0.2) is 0 Å². The van der Waals surface area contributed by atoms with Crippen LogP contribution in [0.1, 0.15) is 33.1 Å². The van der Waals surface area contributed by atoms with E-state index < -0.39 is 5.79 Å². The quantitative estimate of drug-likeness (QED) is 0.552. The van der Waals surface area contributed by atoms with Crippen molar-refractivity contribution in [2.45, 2.75) is 44.9 Å². The monoisotopic (exact) mass is 211 g/mol. The lowest BCUT2D eigenvalue weighted by atomic mass is 10.2. The van der Waals surface area contributed by atoms with Gasteiger partial charge in [-0.2, -0.15) is 0 Å². The van der Waals surface area contributed by atoms with Crippen LogP contribution in [0.4, 0.5) is 0 Å². The maximum absolute atomic E-state index is 5.54. The zero-order chi connectivity index (χ0) is 11.1. The molecule has 3 heteroatoms. The Labute approximate surface area is 92.5 Å². The molecule has 0 unspecified atom stereocenters. The molecule has 0 spiro atoms. The van der Waals surface area contributed by atoms with Gasteiger partial charge in [-0.3, -0.25) is 0 Å². The van der Waals surface area contributed by atoms with Crippen LogP contribution in [0, 0.1) is 12.3 Å². The summed E-state index contributed by atoms with van der Waals surface area (Å²) in [6, 6.07) is 0.323. The van der Waals surface area contributed by atoms with Gasteiger partial charge in [-0.25, -0.2) is 0 Å².